The molecule has 0 saturated heterocycles. The van der Waals surface area contributed by atoms with Gasteiger partial charge >= 0.3 is 0 Å². The van der Waals surface area contributed by atoms with E-state index >= 15 is 0 Å². The SMILES string of the molecule is CCCCN(CCO)CC(=O)NCCc1cccc(Cl)c1. The Labute approximate surface area is 132 Å². The number of unbranched alkanes of at least 4 members (excludes halogenated alkanes) is 1. The van der Waals surface area contributed by atoms with Gasteiger partial charge in [-0.25, -0.2) is 0 Å². The molecular weight excluding hydrogens is 288 g/mol. The molecule has 0 aliphatic rings. The molecular formula is C16H25ClN2O2. The summed E-state index contributed by atoms with van der Waals surface area (Å²) in [5.41, 5.74) is 1.11. The van der Waals surface area contributed by atoms with Gasteiger partial charge in [-0.15, -0.1) is 0 Å². The van der Waals surface area contributed by atoms with Gasteiger partial charge in [-0.1, -0.05) is 37.1 Å². The lowest BCUT2D eigenvalue weighted by atomic mass is 10.1. The normalized spacial score (nSPS) is 10.9. The van der Waals surface area contributed by atoms with Crippen LogP contribution in [0, 0.1) is 0 Å². The van der Waals surface area contributed by atoms with Crippen LogP contribution in [-0.2, 0) is 11.2 Å². The largest absolute Gasteiger partial charge is 0.395 e. The van der Waals surface area contributed by atoms with Crippen molar-refractivity contribution in [2.24, 2.45) is 0 Å². The lowest BCUT2D eigenvalue weighted by Crippen LogP contribution is -2.39. The van der Waals surface area contributed by atoms with E-state index in [0.717, 1.165) is 31.4 Å². The molecule has 1 amide bonds. The molecule has 0 fully saturated rings. The molecule has 0 spiro atoms. The Balaban J connectivity index is 2.28. The first kappa shape index (κ1) is 18.0. The van der Waals surface area contributed by atoms with E-state index in [1.165, 1.54) is 0 Å². The minimum absolute atomic E-state index is 0.00146. The molecule has 2 N–H and O–H groups in total. The van der Waals surface area contributed by atoms with Crippen LogP contribution in [0.15, 0.2) is 24.3 Å². The molecule has 0 saturated carbocycles. The summed E-state index contributed by atoms with van der Waals surface area (Å²) < 4.78 is 0. The first-order valence-corrected chi connectivity index (χ1v) is 7.88. The van der Waals surface area contributed by atoms with Crippen molar-refractivity contribution in [3.8, 4) is 0 Å². The Morgan fingerprint density at radius 3 is 2.86 bits per heavy atom. The average molecular weight is 313 g/mol. The Morgan fingerprint density at radius 1 is 1.38 bits per heavy atom. The van der Waals surface area contributed by atoms with Crippen molar-refractivity contribution in [3.63, 3.8) is 0 Å². The van der Waals surface area contributed by atoms with E-state index in [9.17, 15) is 4.79 Å². The van der Waals surface area contributed by atoms with E-state index in [1.54, 1.807) is 0 Å². The fourth-order valence-electron chi connectivity index (χ4n) is 2.09. The predicted molar refractivity (Wildman–Crippen MR) is 86.6 cm³/mol. The second-order valence-corrected chi connectivity index (χ2v) is 5.52. The monoisotopic (exact) mass is 312 g/mol. The molecule has 0 aliphatic heterocycles. The summed E-state index contributed by atoms with van der Waals surface area (Å²) in [5.74, 6) is 0.00146. The third-order valence-corrected chi connectivity index (χ3v) is 3.47. The highest BCUT2D eigenvalue weighted by Gasteiger charge is 2.09. The minimum Gasteiger partial charge on any atom is -0.395 e. The molecule has 0 heterocycles. The summed E-state index contributed by atoms with van der Waals surface area (Å²) in [6.07, 6.45) is 2.88. The van der Waals surface area contributed by atoms with Gasteiger partial charge in [0.15, 0.2) is 0 Å². The topological polar surface area (TPSA) is 52.6 Å². The highest BCUT2D eigenvalue weighted by molar-refractivity contribution is 6.30. The number of carbonyl (C=O) groups is 1. The number of aliphatic hydroxyl groups is 1. The number of aliphatic hydroxyl groups excluding tert-OH is 1. The Hall–Kier alpha value is -1.10. The van der Waals surface area contributed by atoms with Crippen molar-refractivity contribution >= 4 is 17.5 Å². The quantitative estimate of drug-likeness (QED) is 0.695. The molecule has 1 aromatic rings. The lowest BCUT2D eigenvalue weighted by Gasteiger charge is -2.20. The molecule has 0 atom stereocenters. The van der Waals surface area contributed by atoms with Crippen LogP contribution in [0.4, 0.5) is 0 Å². The third-order valence-electron chi connectivity index (χ3n) is 3.24. The molecule has 21 heavy (non-hydrogen) atoms. The summed E-state index contributed by atoms with van der Waals surface area (Å²) >= 11 is 5.92. The van der Waals surface area contributed by atoms with Gasteiger partial charge in [0.25, 0.3) is 0 Å². The van der Waals surface area contributed by atoms with Crippen molar-refractivity contribution in [2.75, 3.05) is 32.8 Å². The standard InChI is InChI=1S/C16H25ClN2O2/c1-2-3-9-19(10-11-20)13-16(21)18-8-7-14-5-4-6-15(17)12-14/h4-6,12,20H,2-3,7-11,13H2,1H3,(H,18,21). The Morgan fingerprint density at radius 2 is 2.19 bits per heavy atom. The summed E-state index contributed by atoms with van der Waals surface area (Å²) in [7, 11) is 0. The van der Waals surface area contributed by atoms with Gasteiger partial charge in [-0.3, -0.25) is 9.69 Å². The number of amides is 1. The Kier molecular flexibility index (Phi) is 9.06. The molecule has 0 bridgehead atoms. The number of halogens is 1. The number of nitrogens with zero attached hydrogens (tertiary/aromatic N) is 1. The second kappa shape index (κ2) is 10.6. The smallest absolute Gasteiger partial charge is 0.234 e. The number of carbonyl (C=O) groups excluding carboxylic acids is 1. The van der Waals surface area contributed by atoms with Crippen LogP contribution in [0.2, 0.25) is 5.02 Å². The molecule has 0 aliphatic carbocycles. The highest BCUT2D eigenvalue weighted by atomic mass is 35.5. The van der Waals surface area contributed by atoms with Crippen molar-refractivity contribution in [2.45, 2.75) is 26.2 Å². The van der Waals surface area contributed by atoms with E-state index in [-0.39, 0.29) is 12.5 Å². The summed E-state index contributed by atoms with van der Waals surface area (Å²) in [5, 5.41) is 12.6. The van der Waals surface area contributed by atoms with Crippen LogP contribution in [-0.4, -0.2) is 48.7 Å². The molecule has 118 valence electrons. The van der Waals surface area contributed by atoms with Crippen LogP contribution in [0.25, 0.3) is 0 Å². The molecule has 4 nitrogen and oxygen atoms in total. The zero-order valence-corrected chi connectivity index (χ0v) is 13.4. The van der Waals surface area contributed by atoms with Crippen molar-refractivity contribution < 1.29 is 9.90 Å². The number of hydrogen-bond acceptors (Lipinski definition) is 3. The van der Waals surface area contributed by atoms with Crippen molar-refractivity contribution in [3.05, 3.63) is 34.9 Å². The predicted octanol–water partition coefficient (Wildman–Crippen LogP) is 2.09. The van der Waals surface area contributed by atoms with E-state index < -0.39 is 0 Å². The molecule has 1 rings (SSSR count). The zero-order chi connectivity index (χ0) is 15.5. The van der Waals surface area contributed by atoms with Gasteiger partial charge in [-0.05, 0) is 37.1 Å². The van der Waals surface area contributed by atoms with Crippen molar-refractivity contribution in [1.29, 1.82) is 0 Å². The van der Waals surface area contributed by atoms with Gasteiger partial charge in [-0.2, -0.15) is 0 Å². The highest BCUT2D eigenvalue weighted by Crippen LogP contribution is 2.10. The first-order valence-electron chi connectivity index (χ1n) is 7.50. The van der Waals surface area contributed by atoms with Crippen LogP contribution >= 0.6 is 11.6 Å². The number of rotatable bonds is 10. The molecule has 1 aromatic carbocycles. The van der Waals surface area contributed by atoms with E-state index in [0.29, 0.717) is 24.7 Å². The van der Waals surface area contributed by atoms with Gasteiger partial charge in [0.2, 0.25) is 5.91 Å². The molecule has 0 aromatic heterocycles. The maximum atomic E-state index is 11.9. The molecule has 0 unspecified atom stereocenters. The minimum atomic E-state index is 0.00146. The number of hydrogen-bond donors (Lipinski definition) is 2. The van der Waals surface area contributed by atoms with Gasteiger partial charge in [0, 0.05) is 18.1 Å². The maximum absolute atomic E-state index is 11.9. The van der Waals surface area contributed by atoms with Crippen LogP contribution in [0.3, 0.4) is 0 Å². The molecule has 5 heteroatoms. The number of nitrogens with one attached hydrogen (secondary N) is 1. The Bertz CT molecular complexity index is 426. The van der Waals surface area contributed by atoms with Gasteiger partial charge < -0.3 is 10.4 Å². The van der Waals surface area contributed by atoms with Gasteiger partial charge in [0.1, 0.15) is 0 Å². The second-order valence-electron chi connectivity index (χ2n) is 5.08. The van der Waals surface area contributed by atoms with E-state index in [1.807, 2.05) is 29.2 Å². The lowest BCUT2D eigenvalue weighted by molar-refractivity contribution is -0.122. The molecule has 0 radical (unpaired) electrons. The maximum Gasteiger partial charge on any atom is 0.234 e. The number of benzene rings is 1. The summed E-state index contributed by atoms with van der Waals surface area (Å²) in [6.45, 7) is 4.53. The van der Waals surface area contributed by atoms with Crippen LogP contribution in [0.5, 0.6) is 0 Å². The zero-order valence-electron chi connectivity index (χ0n) is 12.6. The van der Waals surface area contributed by atoms with Crippen LogP contribution < -0.4 is 5.32 Å². The summed E-state index contributed by atoms with van der Waals surface area (Å²) in [4.78, 5) is 13.9. The fourth-order valence-corrected chi connectivity index (χ4v) is 2.30. The summed E-state index contributed by atoms with van der Waals surface area (Å²) in [6, 6.07) is 7.65. The third kappa shape index (κ3) is 8.05. The van der Waals surface area contributed by atoms with Crippen LogP contribution in [0.1, 0.15) is 25.3 Å². The van der Waals surface area contributed by atoms with Gasteiger partial charge in [0.05, 0.1) is 13.2 Å². The first-order chi connectivity index (χ1) is 10.2. The van der Waals surface area contributed by atoms with Crippen molar-refractivity contribution in [1.82, 2.24) is 10.2 Å². The fraction of sp³-hybridized carbons (Fsp3) is 0.562. The van der Waals surface area contributed by atoms with E-state index in [2.05, 4.69) is 12.2 Å². The average Bonchev–Trinajstić information content (AvgIpc) is 2.45. The van der Waals surface area contributed by atoms with E-state index in [4.69, 9.17) is 16.7 Å².